The lowest BCUT2D eigenvalue weighted by Gasteiger charge is -2.43. The molecular weight excluding hydrogens is 388 g/mol. The Morgan fingerprint density at radius 3 is 1.79 bits per heavy atom. The van der Waals surface area contributed by atoms with Crippen molar-refractivity contribution >= 4 is 26.8 Å². The minimum absolute atomic E-state index is 0.0249. The Balaban J connectivity index is 2.03. The molecule has 2 aromatic rings. The highest BCUT2D eigenvalue weighted by atomic mass is 28.4. The molecule has 0 aromatic heterocycles. The molecule has 4 heteroatoms. The fraction of sp³-hybridized carbons (Fsp3) is 0.440. The van der Waals surface area contributed by atoms with E-state index in [0.29, 0.717) is 6.61 Å². The molecule has 0 unspecified atom stereocenters. The lowest BCUT2D eigenvalue weighted by Crippen LogP contribution is -2.67. The first-order valence-corrected chi connectivity index (χ1v) is 15.9. The number of benzene rings is 2. The molecule has 1 aliphatic heterocycles. The lowest BCUT2D eigenvalue weighted by molar-refractivity contribution is 0.248. The van der Waals surface area contributed by atoms with Crippen LogP contribution in [0.4, 0.5) is 0 Å². The van der Waals surface area contributed by atoms with Gasteiger partial charge in [-0.1, -0.05) is 107 Å². The molecule has 2 aromatic carbocycles. The van der Waals surface area contributed by atoms with E-state index in [1.54, 1.807) is 0 Å². The second kappa shape index (κ2) is 7.88. The molecule has 3 rings (SSSR count). The topological polar surface area (TPSA) is 21.8 Å². The predicted molar refractivity (Wildman–Crippen MR) is 128 cm³/mol. The third-order valence-corrected chi connectivity index (χ3v) is 13.8. The van der Waals surface area contributed by atoms with Crippen molar-refractivity contribution in [1.82, 2.24) is 0 Å². The molecular formula is C25H34O2Si2. The van der Waals surface area contributed by atoms with E-state index in [0.717, 1.165) is 0 Å². The van der Waals surface area contributed by atoms with Crippen LogP contribution in [-0.4, -0.2) is 34.3 Å². The largest absolute Gasteiger partial charge is 0.405 e. The van der Waals surface area contributed by atoms with Crippen LogP contribution in [0, 0.1) is 11.8 Å². The van der Waals surface area contributed by atoms with Crippen molar-refractivity contribution < 1.29 is 9.16 Å². The molecule has 0 N–H and O–H groups in total. The zero-order valence-electron chi connectivity index (χ0n) is 18.9. The molecule has 1 aliphatic rings. The van der Waals surface area contributed by atoms with Gasteiger partial charge in [0.25, 0.3) is 8.32 Å². The van der Waals surface area contributed by atoms with E-state index < -0.39 is 16.4 Å². The van der Waals surface area contributed by atoms with Gasteiger partial charge < -0.3 is 9.16 Å². The quantitative estimate of drug-likeness (QED) is 0.385. The van der Waals surface area contributed by atoms with E-state index in [1.807, 2.05) is 6.92 Å². The van der Waals surface area contributed by atoms with Crippen molar-refractivity contribution in [2.75, 3.05) is 6.61 Å². The van der Waals surface area contributed by atoms with Crippen molar-refractivity contribution in [3.8, 4) is 11.8 Å². The van der Waals surface area contributed by atoms with Crippen LogP contribution in [0.15, 0.2) is 60.7 Å². The predicted octanol–water partition coefficient (Wildman–Crippen LogP) is 4.60. The number of hydrogen-bond donors (Lipinski definition) is 0. The highest BCUT2D eigenvalue weighted by Crippen LogP contribution is 2.45. The minimum Gasteiger partial charge on any atom is -0.405 e. The lowest BCUT2D eigenvalue weighted by atomic mass is 10.2. The van der Waals surface area contributed by atoms with Gasteiger partial charge >= 0.3 is 0 Å². The van der Waals surface area contributed by atoms with E-state index in [4.69, 9.17) is 9.16 Å². The first-order chi connectivity index (χ1) is 13.6. The third-order valence-electron chi connectivity index (χ3n) is 6.02. The molecule has 0 radical (unpaired) electrons. The fourth-order valence-corrected chi connectivity index (χ4v) is 11.0. The van der Waals surface area contributed by atoms with Gasteiger partial charge in [0.05, 0.1) is 6.61 Å². The zero-order chi connectivity index (χ0) is 21.3. The van der Waals surface area contributed by atoms with Crippen LogP contribution in [0.3, 0.4) is 0 Å². The minimum atomic E-state index is -2.53. The highest BCUT2D eigenvalue weighted by Gasteiger charge is 2.64. The fourth-order valence-electron chi connectivity index (χ4n) is 4.45. The summed E-state index contributed by atoms with van der Waals surface area (Å²) in [6.07, 6.45) is 0.0586. The smallest absolute Gasteiger partial charge is 0.261 e. The summed E-state index contributed by atoms with van der Waals surface area (Å²) in [5.41, 5.74) is 0. The summed E-state index contributed by atoms with van der Waals surface area (Å²) in [6.45, 7) is 16.4. The molecule has 1 heterocycles. The first kappa shape index (κ1) is 22.0. The highest BCUT2D eigenvalue weighted by molar-refractivity contribution is 6.99. The van der Waals surface area contributed by atoms with Crippen LogP contribution in [0.5, 0.6) is 0 Å². The van der Waals surface area contributed by atoms with Crippen molar-refractivity contribution in [2.45, 2.75) is 63.7 Å². The Morgan fingerprint density at radius 2 is 1.41 bits per heavy atom. The number of rotatable bonds is 6. The van der Waals surface area contributed by atoms with E-state index >= 15 is 0 Å². The molecule has 1 saturated heterocycles. The number of ether oxygens (including phenoxy) is 1. The molecule has 2 nitrogen and oxygen atoms in total. The van der Waals surface area contributed by atoms with Gasteiger partial charge in [0, 0.05) is 0 Å². The van der Waals surface area contributed by atoms with Gasteiger partial charge in [-0.3, -0.25) is 0 Å². The Hall–Kier alpha value is -1.65. The van der Waals surface area contributed by atoms with Gasteiger partial charge in [0.2, 0.25) is 0 Å². The van der Waals surface area contributed by atoms with Crippen molar-refractivity contribution in [1.29, 1.82) is 0 Å². The summed E-state index contributed by atoms with van der Waals surface area (Å²) in [7, 11) is -4.15. The van der Waals surface area contributed by atoms with Gasteiger partial charge in [-0.15, -0.1) is 5.92 Å². The second-order valence-electron chi connectivity index (χ2n) is 9.94. The van der Waals surface area contributed by atoms with Crippen LogP contribution >= 0.6 is 0 Å². The Kier molecular flexibility index (Phi) is 5.99. The maximum atomic E-state index is 7.06. The van der Waals surface area contributed by atoms with E-state index in [9.17, 15) is 0 Å². The van der Waals surface area contributed by atoms with Gasteiger partial charge in [-0.25, -0.2) is 0 Å². The Morgan fingerprint density at radius 1 is 0.931 bits per heavy atom. The van der Waals surface area contributed by atoms with Crippen LogP contribution in [-0.2, 0) is 9.16 Å². The van der Waals surface area contributed by atoms with E-state index in [-0.39, 0.29) is 16.4 Å². The Labute approximate surface area is 178 Å². The maximum absolute atomic E-state index is 7.06. The average molecular weight is 423 g/mol. The first-order valence-electron chi connectivity index (χ1n) is 10.5. The number of epoxide rings is 1. The molecule has 154 valence electrons. The van der Waals surface area contributed by atoms with Crippen LogP contribution in [0.1, 0.15) is 27.7 Å². The maximum Gasteiger partial charge on any atom is 0.261 e. The normalized spacial score (nSPS) is 22.0. The second-order valence-corrected chi connectivity index (χ2v) is 19.5. The molecule has 29 heavy (non-hydrogen) atoms. The summed E-state index contributed by atoms with van der Waals surface area (Å²) in [5.74, 6) is 6.52. The summed E-state index contributed by atoms with van der Waals surface area (Å²) in [6, 6.07) is 21.6. The average Bonchev–Trinajstić information content (AvgIpc) is 3.38. The van der Waals surface area contributed by atoms with Crippen LogP contribution in [0.2, 0.25) is 24.7 Å². The molecule has 0 aliphatic carbocycles. The molecule has 2 atom stereocenters. The summed E-state index contributed by atoms with van der Waals surface area (Å²) in [4.78, 5) is 0. The zero-order valence-corrected chi connectivity index (χ0v) is 20.9. The van der Waals surface area contributed by atoms with E-state index in [1.165, 1.54) is 10.4 Å². The molecule has 0 amide bonds. The van der Waals surface area contributed by atoms with E-state index in [2.05, 4.69) is 113 Å². The van der Waals surface area contributed by atoms with Crippen LogP contribution < -0.4 is 10.4 Å². The standard InChI is InChI=1S/C25H34O2Si2/c1-8-19-25(28(5,6)7)23(27-25)20-26-29(24(2,3)4,21-15-11-9-12-16-21)22-17-13-10-14-18-22/h9-18,23H,20H2,1-7H3/t23-,25-/m1/s1. The summed E-state index contributed by atoms with van der Waals surface area (Å²) < 4.78 is 13.3. The van der Waals surface area contributed by atoms with Crippen LogP contribution in [0.25, 0.3) is 0 Å². The summed E-state index contributed by atoms with van der Waals surface area (Å²) >= 11 is 0. The monoisotopic (exact) mass is 422 g/mol. The van der Waals surface area contributed by atoms with Crippen molar-refractivity contribution in [3.05, 3.63) is 60.7 Å². The van der Waals surface area contributed by atoms with Crippen molar-refractivity contribution in [3.63, 3.8) is 0 Å². The van der Waals surface area contributed by atoms with Gasteiger partial charge in [-0.05, 0) is 22.3 Å². The van der Waals surface area contributed by atoms with Gasteiger partial charge in [-0.2, -0.15) is 0 Å². The molecule has 0 bridgehead atoms. The SMILES string of the molecule is CC#C[C@]1([Si](C)(C)C)O[C@@H]1CO[Si](c1ccccc1)(c1ccccc1)C(C)(C)C. The summed E-state index contributed by atoms with van der Waals surface area (Å²) in [5, 5.41) is 2.30. The van der Waals surface area contributed by atoms with Crippen molar-refractivity contribution in [2.24, 2.45) is 0 Å². The van der Waals surface area contributed by atoms with Gasteiger partial charge in [0.15, 0.2) is 0 Å². The van der Waals surface area contributed by atoms with Gasteiger partial charge in [0.1, 0.15) is 19.4 Å². The third kappa shape index (κ3) is 3.89. The molecule has 1 fully saturated rings. The molecule has 0 saturated carbocycles. The Bertz CT molecular complexity index is 846. The number of hydrogen-bond acceptors (Lipinski definition) is 2. The molecule has 0 spiro atoms.